The number of aromatic hydroxyl groups is 1. The molecule has 0 radical (unpaired) electrons. The largest absolute Gasteiger partial charge is 0.506 e. The zero-order valence-corrected chi connectivity index (χ0v) is 17.1. The fraction of sp³-hybridized carbons (Fsp3) is 0.458. The number of amides is 1. The van der Waals surface area contributed by atoms with Gasteiger partial charge >= 0.3 is 0 Å². The third-order valence-electron chi connectivity index (χ3n) is 6.34. The summed E-state index contributed by atoms with van der Waals surface area (Å²) in [6, 6.07) is 18.0. The van der Waals surface area contributed by atoms with Crippen molar-refractivity contribution in [3.63, 3.8) is 0 Å². The van der Waals surface area contributed by atoms with Gasteiger partial charge in [0.1, 0.15) is 5.75 Å². The normalized spacial score (nSPS) is 18.6. The van der Waals surface area contributed by atoms with E-state index in [4.69, 9.17) is 0 Å². The summed E-state index contributed by atoms with van der Waals surface area (Å²) in [5, 5.41) is 10.1. The zero-order chi connectivity index (χ0) is 20.1. The average Bonchev–Trinajstić information content (AvgIpc) is 2.76. The lowest BCUT2D eigenvalue weighted by Crippen LogP contribution is -3.16. The third-order valence-corrected chi connectivity index (χ3v) is 6.34. The van der Waals surface area contributed by atoms with Gasteiger partial charge in [-0.15, -0.1) is 0 Å². The number of para-hydroxylation sites is 3. The van der Waals surface area contributed by atoms with Crippen molar-refractivity contribution in [2.75, 3.05) is 42.5 Å². The van der Waals surface area contributed by atoms with Crippen LogP contribution in [-0.4, -0.2) is 49.8 Å². The van der Waals surface area contributed by atoms with Crippen LogP contribution in [0, 0.1) is 0 Å². The van der Waals surface area contributed by atoms with Gasteiger partial charge in [0.2, 0.25) is 0 Å². The highest BCUT2D eigenvalue weighted by molar-refractivity contribution is 5.94. The number of benzene rings is 2. The maximum atomic E-state index is 13.4. The van der Waals surface area contributed by atoms with E-state index in [0.717, 1.165) is 50.4 Å². The molecule has 5 heteroatoms. The molecule has 154 valence electrons. The van der Waals surface area contributed by atoms with Gasteiger partial charge in [0.15, 0.2) is 6.54 Å². The van der Waals surface area contributed by atoms with Crippen molar-refractivity contribution in [2.24, 2.45) is 0 Å². The summed E-state index contributed by atoms with van der Waals surface area (Å²) in [4.78, 5) is 19.0. The van der Waals surface area contributed by atoms with Gasteiger partial charge in [-0.3, -0.25) is 4.79 Å². The smallest absolute Gasteiger partial charge is 0.282 e. The van der Waals surface area contributed by atoms with Crippen molar-refractivity contribution in [2.45, 2.75) is 38.1 Å². The number of anilines is 2. The molecule has 0 atom stereocenters. The summed E-state index contributed by atoms with van der Waals surface area (Å²) in [5.74, 6) is 0.577. The Balaban J connectivity index is 1.40. The second kappa shape index (κ2) is 9.31. The highest BCUT2D eigenvalue weighted by atomic mass is 16.3. The standard InChI is InChI=1S/C24H31N3O2/c28-23-14-8-7-13-22(23)26-17-15-25(16-18-26)19-24(29)27(20-9-3-1-4-10-20)21-11-5-2-6-12-21/h1,3-4,7-10,13-14,21,28H,2,5-6,11-12,15-19H2/p+1. The fourth-order valence-corrected chi connectivity index (χ4v) is 4.76. The van der Waals surface area contributed by atoms with E-state index in [-0.39, 0.29) is 5.91 Å². The summed E-state index contributed by atoms with van der Waals surface area (Å²) in [5.41, 5.74) is 1.93. The Bertz CT molecular complexity index is 797. The quantitative estimate of drug-likeness (QED) is 0.819. The monoisotopic (exact) mass is 394 g/mol. The SMILES string of the molecule is O=C(C[NH+]1CCN(c2ccccc2O)CC1)N(c1ccccc1)C1CCCCC1. The minimum atomic E-state index is 0.245. The number of piperazine rings is 1. The maximum Gasteiger partial charge on any atom is 0.282 e. The first kappa shape index (κ1) is 19.8. The number of nitrogens with zero attached hydrogens (tertiary/aromatic N) is 2. The van der Waals surface area contributed by atoms with Gasteiger partial charge in [-0.25, -0.2) is 0 Å². The first-order valence-electron chi connectivity index (χ1n) is 11.0. The van der Waals surface area contributed by atoms with Crippen molar-refractivity contribution < 1.29 is 14.8 Å². The molecule has 5 nitrogen and oxygen atoms in total. The van der Waals surface area contributed by atoms with E-state index in [0.29, 0.717) is 18.3 Å². The predicted molar refractivity (Wildman–Crippen MR) is 117 cm³/mol. The zero-order valence-electron chi connectivity index (χ0n) is 17.1. The molecule has 2 aromatic rings. The molecular formula is C24H32N3O2+. The van der Waals surface area contributed by atoms with E-state index in [1.165, 1.54) is 24.2 Å². The molecule has 0 spiro atoms. The number of phenolic OH excluding ortho intramolecular Hbond substituents is 1. The molecule has 1 saturated carbocycles. The molecule has 1 amide bonds. The fourth-order valence-electron chi connectivity index (χ4n) is 4.76. The molecule has 1 heterocycles. The molecule has 29 heavy (non-hydrogen) atoms. The van der Waals surface area contributed by atoms with Crippen LogP contribution in [0.2, 0.25) is 0 Å². The second-order valence-electron chi connectivity index (χ2n) is 8.29. The molecule has 2 aromatic carbocycles. The number of rotatable bonds is 5. The molecule has 2 N–H and O–H groups in total. The average molecular weight is 395 g/mol. The van der Waals surface area contributed by atoms with Gasteiger partial charge in [0.05, 0.1) is 31.9 Å². The number of carbonyl (C=O) groups is 1. The summed E-state index contributed by atoms with van der Waals surface area (Å²) >= 11 is 0. The molecule has 0 aromatic heterocycles. The van der Waals surface area contributed by atoms with E-state index in [1.807, 2.05) is 36.4 Å². The highest BCUT2D eigenvalue weighted by Crippen LogP contribution is 2.28. The predicted octanol–water partition coefficient (Wildman–Crippen LogP) is 2.46. The van der Waals surface area contributed by atoms with E-state index >= 15 is 0 Å². The Labute approximate surface area is 173 Å². The minimum Gasteiger partial charge on any atom is -0.506 e. The van der Waals surface area contributed by atoms with E-state index in [9.17, 15) is 9.90 Å². The molecule has 4 rings (SSSR count). The summed E-state index contributed by atoms with van der Waals surface area (Å²) in [6.07, 6.45) is 5.93. The Morgan fingerprint density at radius 1 is 0.966 bits per heavy atom. The van der Waals surface area contributed by atoms with Crippen LogP contribution in [-0.2, 0) is 4.79 Å². The second-order valence-corrected chi connectivity index (χ2v) is 8.29. The molecular weight excluding hydrogens is 362 g/mol. The number of hydrogen-bond donors (Lipinski definition) is 2. The van der Waals surface area contributed by atoms with Crippen LogP contribution >= 0.6 is 0 Å². The van der Waals surface area contributed by atoms with Crippen LogP contribution in [0.15, 0.2) is 54.6 Å². The Kier molecular flexibility index (Phi) is 6.35. The molecule has 0 bridgehead atoms. The Hall–Kier alpha value is -2.53. The lowest BCUT2D eigenvalue weighted by atomic mass is 9.93. The van der Waals surface area contributed by atoms with Crippen molar-refractivity contribution in [3.05, 3.63) is 54.6 Å². The van der Waals surface area contributed by atoms with E-state index < -0.39 is 0 Å². The maximum absolute atomic E-state index is 13.4. The summed E-state index contributed by atoms with van der Waals surface area (Å²) in [7, 11) is 0. The number of nitrogens with one attached hydrogen (secondary N) is 1. The van der Waals surface area contributed by atoms with Crippen LogP contribution in [0.1, 0.15) is 32.1 Å². The minimum absolute atomic E-state index is 0.245. The van der Waals surface area contributed by atoms with Crippen LogP contribution in [0.5, 0.6) is 5.75 Å². The highest BCUT2D eigenvalue weighted by Gasteiger charge is 2.31. The molecule has 1 aliphatic heterocycles. The molecule has 1 saturated heterocycles. The summed E-state index contributed by atoms with van der Waals surface area (Å²) in [6.45, 7) is 4.07. The van der Waals surface area contributed by atoms with Crippen LogP contribution in [0.25, 0.3) is 0 Å². The van der Waals surface area contributed by atoms with Gasteiger partial charge < -0.3 is 19.8 Å². The van der Waals surface area contributed by atoms with Crippen molar-refractivity contribution >= 4 is 17.3 Å². The van der Waals surface area contributed by atoms with Crippen molar-refractivity contribution in [3.8, 4) is 5.75 Å². The lowest BCUT2D eigenvalue weighted by molar-refractivity contribution is -0.892. The molecule has 1 aliphatic carbocycles. The first-order chi connectivity index (χ1) is 14.2. The van der Waals surface area contributed by atoms with Crippen LogP contribution in [0.3, 0.4) is 0 Å². The Morgan fingerprint density at radius 3 is 2.31 bits per heavy atom. The lowest BCUT2D eigenvalue weighted by Gasteiger charge is -2.37. The van der Waals surface area contributed by atoms with Crippen LogP contribution in [0.4, 0.5) is 11.4 Å². The first-order valence-corrected chi connectivity index (χ1v) is 11.0. The van der Waals surface area contributed by atoms with E-state index in [1.54, 1.807) is 6.07 Å². The van der Waals surface area contributed by atoms with Gasteiger partial charge in [0, 0.05) is 11.7 Å². The molecule has 2 fully saturated rings. The topological polar surface area (TPSA) is 48.2 Å². The van der Waals surface area contributed by atoms with Crippen molar-refractivity contribution in [1.29, 1.82) is 0 Å². The van der Waals surface area contributed by atoms with Crippen molar-refractivity contribution in [1.82, 2.24) is 0 Å². The number of hydrogen-bond acceptors (Lipinski definition) is 3. The van der Waals surface area contributed by atoms with Gasteiger partial charge in [-0.1, -0.05) is 49.6 Å². The third kappa shape index (κ3) is 4.73. The van der Waals surface area contributed by atoms with E-state index in [2.05, 4.69) is 21.9 Å². The number of phenols is 1. The number of quaternary nitrogens is 1. The van der Waals surface area contributed by atoms with Gasteiger partial charge in [-0.05, 0) is 37.1 Å². The Morgan fingerprint density at radius 2 is 1.62 bits per heavy atom. The van der Waals surface area contributed by atoms with Gasteiger partial charge in [-0.2, -0.15) is 0 Å². The van der Waals surface area contributed by atoms with Gasteiger partial charge in [0.25, 0.3) is 5.91 Å². The van der Waals surface area contributed by atoms with Crippen LogP contribution < -0.4 is 14.7 Å². The molecule has 2 aliphatic rings. The molecule has 0 unspecified atom stereocenters. The number of carbonyl (C=O) groups excluding carboxylic acids is 1. The summed E-state index contributed by atoms with van der Waals surface area (Å²) < 4.78 is 0.